The van der Waals surface area contributed by atoms with E-state index in [0.29, 0.717) is 32.8 Å². The first-order valence-corrected chi connectivity index (χ1v) is 11.5. The molecule has 3 aromatic carbocycles. The van der Waals surface area contributed by atoms with Crippen molar-refractivity contribution in [2.24, 2.45) is 7.05 Å². The van der Waals surface area contributed by atoms with Crippen molar-refractivity contribution in [1.82, 2.24) is 14.5 Å². The monoisotopic (exact) mass is 469 g/mol. The topological polar surface area (TPSA) is 90.3 Å². The lowest BCUT2D eigenvalue weighted by Crippen LogP contribution is -2.23. The molecule has 164 valence electrons. The van der Waals surface area contributed by atoms with Crippen LogP contribution in [0.5, 0.6) is 5.75 Å². The molecule has 0 fully saturated rings. The van der Waals surface area contributed by atoms with Crippen LogP contribution in [-0.2, 0) is 23.6 Å². The van der Waals surface area contributed by atoms with Gasteiger partial charge in [0.15, 0.2) is 0 Å². The number of nitrogens with zero attached hydrogens (tertiary/aromatic N) is 2. The Morgan fingerprint density at radius 1 is 1.03 bits per heavy atom. The largest absolute Gasteiger partial charge is 0.496 e. The third-order valence-corrected chi connectivity index (χ3v) is 6.76. The maximum atomic E-state index is 12.7. The fourth-order valence-corrected chi connectivity index (χ4v) is 4.58. The maximum Gasteiger partial charge on any atom is 0.274 e. The number of ether oxygens (including phenoxy) is 1. The maximum absolute atomic E-state index is 12.7. The Morgan fingerprint density at radius 3 is 2.41 bits per heavy atom. The Balaban J connectivity index is 1.73. The van der Waals surface area contributed by atoms with Crippen LogP contribution in [0.4, 0.5) is 0 Å². The number of nitrogens with one attached hydrogen (secondary N) is 1. The first-order valence-electron chi connectivity index (χ1n) is 9.69. The lowest BCUT2D eigenvalue weighted by molar-refractivity contribution is 0.409. The van der Waals surface area contributed by atoms with Gasteiger partial charge in [-0.25, -0.2) is 17.8 Å². The average molecular weight is 470 g/mol. The predicted molar refractivity (Wildman–Crippen MR) is 124 cm³/mol. The Morgan fingerprint density at radius 2 is 1.72 bits per heavy atom. The summed E-state index contributed by atoms with van der Waals surface area (Å²) in [5.41, 5.74) is 1.79. The molecule has 4 rings (SSSR count). The lowest BCUT2D eigenvalue weighted by Gasteiger charge is -2.14. The minimum absolute atomic E-state index is 0.00562. The zero-order chi connectivity index (χ0) is 22.9. The van der Waals surface area contributed by atoms with E-state index in [9.17, 15) is 13.2 Å². The second kappa shape index (κ2) is 8.74. The van der Waals surface area contributed by atoms with Gasteiger partial charge in [-0.2, -0.15) is 5.10 Å². The van der Waals surface area contributed by atoms with Gasteiger partial charge in [0.05, 0.1) is 23.1 Å². The van der Waals surface area contributed by atoms with Crippen molar-refractivity contribution in [3.05, 3.63) is 87.7 Å². The summed E-state index contributed by atoms with van der Waals surface area (Å²) in [5.74, 6) is 0.529. The molecule has 9 heteroatoms. The molecule has 0 saturated carbocycles. The number of aryl methyl sites for hydroxylation is 1. The number of benzene rings is 3. The van der Waals surface area contributed by atoms with E-state index in [4.69, 9.17) is 16.3 Å². The minimum Gasteiger partial charge on any atom is -0.496 e. The smallest absolute Gasteiger partial charge is 0.274 e. The molecule has 1 N–H and O–H groups in total. The van der Waals surface area contributed by atoms with Crippen molar-refractivity contribution in [3.8, 4) is 17.0 Å². The third kappa shape index (κ3) is 4.25. The Labute approximate surface area is 190 Å². The summed E-state index contributed by atoms with van der Waals surface area (Å²) in [7, 11) is -0.630. The zero-order valence-corrected chi connectivity index (χ0v) is 18.9. The van der Waals surface area contributed by atoms with E-state index in [-0.39, 0.29) is 17.0 Å². The molecule has 7 nitrogen and oxygen atoms in total. The minimum atomic E-state index is -3.75. The van der Waals surface area contributed by atoms with Gasteiger partial charge in [-0.3, -0.25) is 4.79 Å². The molecular formula is C23H20ClN3O4S. The van der Waals surface area contributed by atoms with Gasteiger partial charge in [-0.15, -0.1) is 0 Å². The third-order valence-electron chi connectivity index (χ3n) is 5.09. The number of aromatic nitrogens is 2. The van der Waals surface area contributed by atoms with E-state index in [1.54, 1.807) is 25.2 Å². The van der Waals surface area contributed by atoms with E-state index in [0.717, 1.165) is 5.56 Å². The number of methoxy groups -OCH3 is 1. The predicted octanol–water partition coefficient (Wildman–Crippen LogP) is 3.74. The Bertz CT molecular complexity index is 1470. The SMILES string of the molecule is COc1ccc(-c2nn(C)c(=O)c3ccccc23)cc1CNS(=O)(=O)c1ccc(Cl)cc1. The summed E-state index contributed by atoms with van der Waals surface area (Å²) in [6.07, 6.45) is 0. The van der Waals surface area contributed by atoms with Crippen molar-refractivity contribution >= 4 is 32.4 Å². The molecular weight excluding hydrogens is 450 g/mol. The van der Waals surface area contributed by atoms with Crippen LogP contribution >= 0.6 is 11.6 Å². The van der Waals surface area contributed by atoms with Gasteiger partial charge in [0.2, 0.25) is 10.0 Å². The fraction of sp³-hybridized carbons (Fsp3) is 0.130. The number of halogens is 1. The summed E-state index contributed by atoms with van der Waals surface area (Å²) in [6, 6.07) is 18.6. The van der Waals surface area contributed by atoms with Crippen LogP contribution in [0.1, 0.15) is 5.56 Å². The van der Waals surface area contributed by atoms with E-state index in [2.05, 4.69) is 9.82 Å². The van der Waals surface area contributed by atoms with E-state index >= 15 is 0 Å². The molecule has 0 aliphatic rings. The van der Waals surface area contributed by atoms with Crippen molar-refractivity contribution in [1.29, 1.82) is 0 Å². The van der Waals surface area contributed by atoms with Gasteiger partial charge in [0.1, 0.15) is 5.75 Å². The average Bonchev–Trinajstić information content (AvgIpc) is 2.80. The van der Waals surface area contributed by atoms with Gasteiger partial charge >= 0.3 is 0 Å². The summed E-state index contributed by atoms with van der Waals surface area (Å²) < 4.78 is 34.7. The van der Waals surface area contributed by atoms with Crippen LogP contribution in [0.15, 0.2) is 76.4 Å². The number of rotatable bonds is 6. The highest BCUT2D eigenvalue weighted by Crippen LogP contribution is 2.29. The van der Waals surface area contributed by atoms with Gasteiger partial charge < -0.3 is 4.74 Å². The highest BCUT2D eigenvalue weighted by molar-refractivity contribution is 7.89. The molecule has 0 aliphatic heterocycles. The second-order valence-corrected chi connectivity index (χ2v) is 9.33. The zero-order valence-electron chi connectivity index (χ0n) is 17.4. The quantitative estimate of drug-likeness (QED) is 0.464. The number of hydrogen-bond donors (Lipinski definition) is 1. The van der Waals surface area contributed by atoms with Gasteiger partial charge in [-0.1, -0.05) is 29.8 Å². The van der Waals surface area contributed by atoms with E-state index in [1.165, 1.54) is 36.1 Å². The van der Waals surface area contributed by atoms with Crippen molar-refractivity contribution < 1.29 is 13.2 Å². The molecule has 4 aromatic rings. The number of sulfonamides is 1. The fourth-order valence-electron chi connectivity index (χ4n) is 3.45. The molecule has 0 amide bonds. The summed E-state index contributed by atoms with van der Waals surface area (Å²) in [6.45, 7) is 0.00562. The second-order valence-electron chi connectivity index (χ2n) is 7.13. The van der Waals surface area contributed by atoms with Gasteiger partial charge in [0.25, 0.3) is 5.56 Å². The molecule has 0 aliphatic carbocycles. The molecule has 0 atom stereocenters. The van der Waals surface area contributed by atoms with E-state index in [1.807, 2.05) is 24.3 Å². The summed E-state index contributed by atoms with van der Waals surface area (Å²) in [5, 5.41) is 6.17. The highest BCUT2D eigenvalue weighted by atomic mass is 35.5. The number of hydrogen-bond acceptors (Lipinski definition) is 5. The molecule has 0 bridgehead atoms. The van der Waals surface area contributed by atoms with E-state index < -0.39 is 10.0 Å². The van der Waals surface area contributed by atoms with Crippen LogP contribution in [0, 0.1) is 0 Å². The molecule has 0 radical (unpaired) electrons. The standard InChI is InChI=1S/C23H20ClN3O4S/c1-27-23(28)20-6-4-3-5-19(20)22(26-27)15-7-12-21(31-2)16(13-15)14-25-32(29,30)18-10-8-17(24)9-11-18/h3-13,25H,14H2,1-2H3. The highest BCUT2D eigenvalue weighted by Gasteiger charge is 2.17. The summed E-state index contributed by atoms with van der Waals surface area (Å²) >= 11 is 5.85. The molecule has 0 spiro atoms. The van der Waals surface area contributed by atoms with Crippen LogP contribution < -0.4 is 15.0 Å². The molecule has 1 aromatic heterocycles. The van der Waals surface area contributed by atoms with Crippen molar-refractivity contribution in [2.45, 2.75) is 11.4 Å². The molecule has 1 heterocycles. The Hall–Kier alpha value is -3.20. The van der Waals surface area contributed by atoms with Crippen LogP contribution in [0.2, 0.25) is 5.02 Å². The van der Waals surface area contributed by atoms with Gasteiger partial charge in [0, 0.05) is 35.1 Å². The molecule has 0 unspecified atom stereocenters. The Kier molecular flexibility index (Phi) is 6.01. The lowest BCUT2D eigenvalue weighted by atomic mass is 10.0. The van der Waals surface area contributed by atoms with Gasteiger partial charge in [-0.05, 0) is 48.5 Å². The first-order chi connectivity index (χ1) is 15.3. The molecule has 0 saturated heterocycles. The summed E-state index contributed by atoms with van der Waals surface area (Å²) in [4.78, 5) is 12.6. The molecule has 32 heavy (non-hydrogen) atoms. The first kappa shape index (κ1) is 22.0. The van der Waals surface area contributed by atoms with Crippen molar-refractivity contribution in [2.75, 3.05) is 7.11 Å². The number of fused-ring (bicyclic) bond motifs is 1. The van der Waals surface area contributed by atoms with Crippen LogP contribution in [-0.4, -0.2) is 25.3 Å². The van der Waals surface area contributed by atoms with Crippen LogP contribution in [0.25, 0.3) is 22.0 Å². The van der Waals surface area contributed by atoms with Crippen LogP contribution in [0.3, 0.4) is 0 Å². The van der Waals surface area contributed by atoms with Crippen molar-refractivity contribution in [3.63, 3.8) is 0 Å². The normalized spacial score (nSPS) is 11.6.